The van der Waals surface area contributed by atoms with Crippen molar-refractivity contribution in [2.45, 2.75) is 39.2 Å². The van der Waals surface area contributed by atoms with Gasteiger partial charge in [-0.15, -0.1) is 0 Å². The molecule has 0 spiro atoms. The highest BCUT2D eigenvalue weighted by atomic mass is 35.5. The van der Waals surface area contributed by atoms with Crippen molar-refractivity contribution in [3.8, 4) is 11.5 Å². The molecule has 2 amide bonds. The normalized spacial score (nSPS) is 10.4. The zero-order chi connectivity index (χ0) is 21.8. The molecular weight excluding hydrogens is 404 g/mol. The number of hydrogen-bond donors (Lipinski definition) is 2. The summed E-state index contributed by atoms with van der Waals surface area (Å²) in [5.74, 6) is 1.11. The highest BCUT2D eigenvalue weighted by Crippen LogP contribution is 2.28. The number of amides is 2. The van der Waals surface area contributed by atoms with E-state index in [4.69, 9.17) is 21.1 Å². The zero-order valence-corrected chi connectivity index (χ0v) is 18.3. The third kappa shape index (κ3) is 7.95. The third-order valence-corrected chi connectivity index (χ3v) is 4.70. The maximum atomic E-state index is 12.1. The molecule has 0 saturated heterocycles. The van der Waals surface area contributed by atoms with Crippen molar-refractivity contribution in [3.05, 3.63) is 58.6 Å². The van der Waals surface area contributed by atoms with Gasteiger partial charge in [0.05, 0.1) is 13.7 Å². The van der Waals surface area contributed by atoms with E-state index in [1.54, 1.807) is 31.4 Å². The molecule has 0 saturated carbocycles. The van der Waals surface area contributed by atoms with Crippen molar-refractivity contribution in [2.24, 2.45) is 0 Å². The molecule has 0 fully saturated rings. The quantitative estimate of drug-likeness (QED) is 0.489. The summed E-state index contributed by atoms with van der Waals surface area (Å²) in [6.45, 7) is 3.59. The van der Waals surface area contributed by atoms with Gasteiger partial charge in [-0.2, -0.15) is 0 Å². The SMILES string of the molecule is CCCCOc1ccc(CNC(=O)CCCNC(=O)c2ccc(Cl)cc2)cc1OC. The molecule has 0 radical (unpaired) electrons. The van der Waals surface area contributed by atoms with Crippen molar-refractivity contribution in [1.82, 2.24) is 10.6 Å². The van der Waals surface area contributed by atoms with Crippen LogP contribution in [0.4, 0.5) is 0 Å². The summed E-state index contributed by atoms with van der Waals surface area (Å²) in [6, 6.07) is 12.3. The van der Waals surface area contributed by atoms with Gasteiger partial charge in [-0.25, -0.2) is 0 Å². The van der Waals surface area contributed by atoms with Gasteiger partial charge in [-0.3, -0.25) is 9.59 Å². The van der Waals surface area contributed by atoms with E-state index in [9.17, 15) is 9.59 Å². The first-order chi connectivity index (χ1) is 14.5. The Labute approximate surface area is 182 Å². The topological polar surface area (TPSA) is 76.7 Å². The molecule has 6 nitrogen and oxygen atoms in total. The van der Waals surface area contributed by atoms with Crippen LogP contribution < -0.4 is 20.1 Å². The third-order valence-electron chi connectivity index (χ3n) is 4.45. The molecule has 2 N–H and O–H groups in total. The van der Waals surface area contributed by atoms with Crippen LogP contribution in [-0.4, -0.2) is 32.1 Å². The number of carbonyl (C=O) groups excluding carboxylic acids is 2. The van der Waals surface area contributed by atoms with E-state index in [-0.39, 0.29) is 11.8 Å². The van der Waals surface area contributed by atoms with E-state index in [1.807, 2.05) is 18.2 Å². The van der Waals surface area contributed by atoms with Gasteiger partial charge in [-0.1, -0.05) is 31.0 Å². The minimum absolute atomic E-state index is 0.0713. The number of unbranched alkanes of at least 4 members (excludes halogenated alkanes) is 1. The molecule has 0 bridgehead atoms. The number of hydrogen-bond acceptors (Lipinski definition) is 4. The fourth-order valence-electron chi connectivity index (χ4n) is 2.71. The number of methoxy groups -OCH3 is 1. The minimum Gasteiger partial charge on any atom is -0.493 e. The van der Waals surface area contributed by atoms with Gasteiger partial charge in [0.25, 0.3) is 5.91 Å². The second-order valence-corrected chi connectivity index (χ2v) is 7.27. The fraction of sp³-hybridized carbons (Fsp3) is 0.391. The Kier molecular flexibility index (Phi) is 10.0. The van der Waals surface area contributed by atoms with Gasteiger partial charge in [0.15, 0.2) is 11.5 Å². The average Bonchev–Trinajstić information content (AvgIpc) is 2.76. The molecule has 30 heavy (non-hydrogen) atoms. The smallest absolute Gasteiger partial charge is 0.251 e. The number of ether oxygens (including phenoxy) is 2. The molecular formula is C23H29ClN2O4. The van der Waals surface area contributed by atoms with Gasteiger partial charge in [-0.05, 0) is 54.8 Å². The van der Waals surface area contributed by atoms with Crippen LogP contribution >= 0.6 is 11.6 Å². The Morgan fingerprint density at radius 3 is 2.47 bits per heavy atom. The zero-order valence-electron chi connectivity index (χ0n) is 17.5. The molecule has 0 aliphatic heterocycles. The van der Waals surface area contributed by atoms with Crippen LogP contribution in [0.2, 0.25) is 5.02 Å². The Morgan fingerprint density at radius 1 is 1.00 bits per heavy atom. The van der Waals surface area contributed by atoms with Crippen LogP contribution in [0.25, 0.3) is 0 Å². The minimum atomic E-state index is -0.180. The standard InChI is InChI=1S/C23H29ClN2O4/c1-3-4-14-30-20-12-7-17(15-21(20)29-2)16-26-22(27)6-5-13-25-23(28)18-8-10-19(24)11-9-18/h7-12,15H,3-6,13-14,16H2,1-2H3,(H,25,28)(H,26,27). The van der Waals surface area contributed by atoms with Gasteiger partial charge in [0.2, 0.25) is 5.91 Å². The maximum absolute atomic E-state index is 12.1. The summed E-state index contributed by atoms with van der Waals surface area (Å²) in [5, 5.41) is 6.27. The molecule has 2 aromatic carbocycles. The van der Waals surface area contributed by atoms with Crippen molar-refractivity contribution in [1.29, 1.82) is 0 Å². The molecule has 0 atom stereocenters. The Hall–Kier alpha value is -2.73. The fourth-order valence-corrected chi connectivity index (χ4v) is 2.84. The summed E-state index contributed by atoms with van der Waals surface area (Å²) in [7, 11) is 1.60. The molecule has 0 aliphatic carbocycles. The summed E-state index contributed by atoms with van der Waals surface area (Å²) in [4.78, 5) is 24.1. The lowest BCUT2D eigenvalue weighted by atomic mass is 10.2. The highest BCUT2D eigenvalue weighted by Gasteiger charge is 2.08. The Morgan fingerprint density at radius 2 is 1.77 bits per heavy atom. The Bertz CT molecular complexity index is 824. The number of nitrogens with one attached hydrogen (secondary N) is 2. The summed E-state index contributed by atoms with van der Waals surface area (Å²) < 4.78 is 11.1. The van der Waals surface area contributed by atoms with E-state index in [0.29, 0.717) is 54.6 Å². The lowest BCUT2D eigenvalue weighted by Gasteiger charge is -2.12. The van der Waals surface area contributed by atoms with E-state index >= 15 is 0 Å². The second-order valence-electron chi connectivity index (χ2n) is 6.83. The first-order valence-corrected chi connectivity index (χ1v) is 10.5. The largest absolute Gasteiger partial charge is 0.493 e. The Balaban J connectivity index is 1.70. The van der Waals surface area contributed by atoms with Crippen LogP contribution in [0, 0.1) is 0 Å². The molecule has 0 aliphatic rings. The first-order valence-electron chi connectivity index (χ1n) is 10.1. The monoisotopic (exact) mass is 432 g/mol. The van der Waals surface area contributed by atoms with Crippen LogP contribution in [0.5, 0.6) is 11.5 Å². The maximum Gasteiger partial charge on any atom is 0.251 e. The van der Waals surface area contributed by atoms with Crippen LogP contribution in [-0.2, 0) is 11.3 Å². The summed E-state index contributed by atoms with van der Waals surface area (Å²) >= 11 is 5.81. The van der Waals surface area contributed by atoms with E-state index in [1.165, 1.54) is 0 Å². The first kappa shape index (κ1) is 23.5. The van der Waals surface area contributed by atoms with Crippen LogP contribution in [0.3, 0.4) is 0 Å². The van der Waals surface area contributed by atoms with Gasteiger partial charge in [0.1, 0.15) is 0 Å². The van der Waals surface area contributed by atoms with Gasteiger partial charge < -0.3 is 20.1 Å². The molecule has 2 rings (SSSR count). The molecule has 0 unspecified atom stereocenters. The lowest BCUT2D eigenvalue weighted by molar-refractivity contribution is -0.121. The van der Waals surface area contributed by atoms with Gasteiger partial charge in [0, 0.05) is 30.1 Å². The summed E-state index contributed by atoms with van der Waals surface area (Å²) in [6.07, 6.45) is 2.94. The average molecular weight is 433 g/mol. The number of halogens is 1. The van der Waals surface area contributed by atoms with Gasteiger partial charge >= 0.3 is 0 Å². The number of rotatable bonds is 12. The van der Waals surface area contributed by atoms with Crippen LogP contribution in [0.1, 0.15) is 48.5 Å². The predicted octanol–water partition coefficient (Wildman–Crippen LogP) is 4.35. The second kappa shape index (κ2) is 12.8. The molecule has 0 heterocycles. The molecule has 0 aromatic heterocycles. The van der Waals surface area contributed by atoms with Crippen molar-refractivity contribution < 1.29 is 19.1 Å². The van der Waals surface area contributed by atoms with Crippen molar-refractivity contribution in [3.63, 3.8) is 0 Å². The van der Waals surface area contributed by atoms with E-state index in [0.717, 1.165) is 18.4 Å². The number of benzene rings is 2. The number of carbonyl (C=O) groups is 2. The molecule has 2 aromatic rings. The lowest BCUT2D eigenvalue weighted by Crippen LogP contribution is -2.27. The predicted molar refractivity (Wildman–Crippen MR) is 118 cm³/mol. The summed E-state index contributed by atoms with van der Waals surface area (Å²) in [5.41, 5.74) is 1.47. The molecule has 7 heteroatoms. The molecule has 162 valence electrons. The van der Waals surface area contributed by atoms with Crippen molar-refractivity contribution in [2.75, 3.05) is 20.3 Å². The van der Waals surface area contributed by atoms with Crippen LogP contribution in [0.15, 0.2) is 42.5 Å². The van der Waals surface area contributed by atoms with E-state index < -0.39 is 0 Å². The van der Waals surface area contributed by atoms with E-state index in [2.05, 4.69) is 17.6 Å². The van der Waals surface area contributed by atoms with Crippen molar-refractivity contribution >= 4 is 23.4 Å². The highest BCUT2D eigenvalue weighted by molar-refractivity contribution is 6.30.